The van der Waals surface area contributed by atoms with Gasteiger partial charge in [-0.1, -0.05) is 34.5 Å². The third kappa shape index (κ3) is 4.16. The summed E-state index contributed by atoms with van der Waals surface area (Å²) in [5.74, 6) is 0.727. The van der Waals surface area contributed by atoms with E-state index < -0.39 is 4.92 Å². The van der Waals surface area contributed by atoms with E-state index in [0.717, 1.165) is 11.8 Å². The molecule has 0 bridgehead atoms. The molecule has 1 atom stereocenters. The van der Waals surface area contributed by atoms with Crippen LogP contribution in [0.5, 0.6) is 5.75 Å². The van der Waals surface area contributed by atoms with Crippen molar-refractivity contribution in [3.63, 3.8) is 0 Å². The lowest BCUT2D eigenvalue weighted by Crippen LogP contribution is -2.12. The molecule has 1 rings (SSSR count). The molecule has 1 unspecified atom stereocenters. The first-order valence-corrected chi connectivity index (χ1v) is 6.71. The molecule has 0 radical (unpaired) electrons. The molecule has 1 aromatic carbocycles. The zero-order valence-corrected chi connectivity index (χ0v) is 11.7. The Kier molecular flexibility index (Phi) is 5.71. The van der Waals surface area contributed by atoms with Crippen LogP contribution in [-0.4, -0.2) is 16.9 Å². The second kappa shape index (κ2) is 6.81. The molecule has 0 aromatic heterocycles. The van der Waals surface area contributed by atoms with Crippen molar-refractivity contribution in [2.45, 2.75) is 13.3 Å². The number of hydrogen-bond acceptors (Lipinski definition) is 3. The van der Waals surface area contributed by atoms with Gasteiger partial charge in [0, 0.05) is 17.3 Å². The van der Waals surface area contributed by atoms with Crippen LogP contribution < -0.4 is 4.74 Å². The third-order valence-corrected chi connectivity index (χ3v) is 3.62. The van der Waals surface area contributed by atoms with Crippen LogP contribution in [0.3, 0.4) is 0 Å². The van der Waals surface area contributed by atoms with Crippen LogP contribution in [0.2, 0.25) is 5.02 Å². The number of rotatable bonds is 6. The van der Waals surface area contributed by atoms with E-state index in [2.05, 4.69) is 22.9 Å². The van der Waals surface area contributed by atoms with E-state index in [0.29, 0.717) is 23.3 Å². The largest absolute Gasteiger partial charge is 0.491 e. The minimum atomic E-state index is -0.467. The van der Waals surface area contributed by atoms with Crippen LogP contribution in [0.4, 0.5) is 5.69 Å². The zero-order valence-electron chi connectivity index (χ0n) is 9.36. The lowest BCUT2D eigenvalue weighted by Gasteiger charge is -2.13. The SMILES string of the molecule is CCC(CBr)COc1cc([N+](=O)[O-])ccc1Cl. The normalized spacial score (nSPS) is 12.2. The molecule has 0 saturated carbocycles. The fourth-order valence-corrected chi connectivity index (χ4v) is 2.01. The highest BCUT2D eigenvalue weighted by atomic mass is 79.9. The molecule has 0 aliphatic heterocycles. The van der Waals surface area contributed by atoms with Gasteiger partial charge in [0.05, 0.1) is 22.6 Å². The van der Waals surface area contributed by atoms with E-state index in [-0.39, 0.29) is 5.69 Å². The summed E-state index contributed by atoms with van der Waals surface area (Å²) in [6.07, 6.45) is 0.970. The van der Waals surface area contributed by atoms with Crippen molar-refractivity contribution in [2.75, 3.05) is 11.9 Å². The van der Waals surface area contributed by atoms with Crippen LogP contribution >= 0.6 is 27.5 Å². The Morgan fingerprint density at radius 3 is 2.82 bits per heavy atom. The van der Waals surface area contributed by atoms with E-state index in [4.69, 9.17) is 16.3 Å². The molecule has 0 spiro atoms. The number of benzene rings is 1. The summed E-state index contributed by atoms with van der Waals surface area (Å²) in [5.41, 5.74) is -0.0173. The minimum absolute atomic E-state index is 0.0173. The van der Waals surface area contributed by atoms with E-state index in [9.17, 15) is 10.1 Å². The Hall–Kier alpha value is -0.810. The molecule has 0 aliphatic rings. The first-order chi connectivity index (χ1) is 8.08. The van der Waals surface area contributed by atoms with Gasteiger partial charge in [0.1, 0.15) is 5.75 Å². The lowest BCUT2D eigenvalue weighted by molar-refractivity contribution is -0.384. The molecular formula is C11H13BrClNO3. The smallest absolute Gasteiger partial charge is 0.273 e. The fraction of sp³-hybridized carbons (Fsp3) is 0.455. The van der Waals surface area contributed by atoms with Gasteiger partial charge in [-0.25, -0.2) is 0 Å². The number of ether oxygens (including phenoxy) is 1. The molecular weight excluding hydrogens is 309 g/mol. The first-order valence-electron chi connectivity index (χ1n) is 5.21. The molecule has 0 amide bonds. The predicted molar refractivity (Wildman–Crippen MR) is 71.2 cm³/mol. The van der Waals surface area contributed by atoms with Crippen molar-refractivity contribution >= 4 is 33.2 Å². The number of nitro benzene ring substituents is 1. The average molecular weight is 323 g/mol. The summed E-state index contributed by atoms with van der Waals surface area (Å²) < 4.78 is 5.51. The number of non-ortho nitro benzene ring substituents is 1. The molecule has 0 N–H and O–H groups in total. The highest BCUT2D eigenvalue weighted by molar-refractivity contribution is 9.09. The van der Waals surface area contributed by atoms with Crippen molar-refractivity contribution in [1.29, 1.82) is 0 Å². The van der Waals surface area contributed by atoms with Gasteiger partial charge in [0.2, 0.25) is 0 Å². The first kappa shape index (κ1) is 14.3. The van der Waals surface area contributed by atoms with Crippen LogP contribution in [0.15, 0.2) is 18.2 Å². The molecule has 6 heteroatoms. The number of nitrogens with zero attached hydrogens (tertiary/aromatic N) is 1. The van der Waals surface area contributed by atoms with Crippen LogP contribution in [0, 0.1) is 16.0 Å². The van der Waals surface area contributed by atoms with Crippen molar-refractivity contribution in [2.24, 2.45) is 5.92 Å². The zero-order chi connectivity index (χ0) is 12.8. The Balaban J connectivity index is 2.75. The summed E-state index contributed by atoms with van der Waals surface area (Å²) in [4.78, 5) is 10.1. The van der Waals surface area contributed by atoms with Crippen LogP contribution in [-0.2, 0) is 0 Å². The van der Waals surface area contributed by atoms with Gasteiger partial charge < -0.3 is 4.74 Å². The average Bonchev–Trinajstić information content (AvgIpc) is 2.32. The van der Waals surface area contributed by atoms with Crippen LogP contribution in [0.25, 0.3) is 0 Å². The predicted octanol–water partition coefficient (Wildman–Crippen LogP) is 4.05. The van der Waals surface area contributed by atoms with Gasteiger partial charge in [0.25, 0.3) is 5.69 Å². The molecule has 0 fully saturated rings. The highest BCUT2D eigenvalue weighted by Gasteiger charge is 2.12. The van der Waals surface area contributed by atoms with Crippen molar-refractivity contribution in [3.8, 4) is 5.75 Å². The van der Waals surface area contributed by atoms with E-state index >= 15 is 0 Å². The van der Waals surface area contributed by atoms with Gasteiger partial charge >= 0.3 is 0 Å². The summed E-state index contributed by atoms with van der Waals surface area (Å²) in [7, 11) is 0. The highest BCUT2D eigenvalue weighted by Crippen LogP contribution is 2.29. The second-order valence-electron chi connectivity index (χ2n) is 3.61. The number of hydrogen-bond donors (Lipinski definition) is 0. The van der Waals surface area contributed by atoms with E-state index in [1.165, 1.54) is 18.2 Å². The van der Waals surface area contributed by atoms with Gasteiger partial charge in [-0.3, -0.25) is 10.1 Å². The maximum atomic E-state index is 10.6. The molecule has 1 aromatic rings. The Morgan fingerprint density at radius 2 is 2.29 bits per heavy atom. The molecule has 0 saturated heterocycles. The summed E-state index contributed by atoms with van der Waals surface area (Å²) in [6, 6.07) is 4.18. The molecule has 0 heterocycles. The maximum absolute atomic E-state index is 10.6. The number of alkyl halides is 1. The number of halogens is 2. The number of nitro groups is 1. The van der Waals surface area contributed by atoms with Crippen molar-refractivity contribution in [1.82, 2.24) is 0 Å². The Morgan fingerprint density at radius 1 is 1.59 bits per heavy atom. The topological polar surface area (TPSA) is 52.4 Å². The Bertz CT molecular complexity index is 396. The molecule has 17 heavy (non-hydrogen) atoms. The van der Waals surface area contributed by atoms with Crippen molar-refractivity contribution in [3.05, 3.63) is 33.3 Å². The van der Waals surface area contributed by atoms with Gasteiger partial charge in [-0.05, 0) is 12.5 Å². The van der Waals surface area contributed by atoms with Gasteiger partial charge in [-0.2, -0.15) is 0 Å². The maximum Gasteiger partial charge on any atom is 0.273 e. The quantitative estimate of drug-likeness (QED) is 0.451. The summed E-state index contributed by atoms with van der Waals surface area (Å²) in [5, 5.41) is 11.8. The van der Waals surface area contributed by atoms with Crippen LogP contribution in [0.1, 0.15) is 13.3 Å². The fourth-order valence-electron chi connectivity index (χ4n) is 1.20. The summed E-state index contributed by atoms with van der Waals surface area (Å²) in [6.45, 7) is 2.55. The Labute approximate surface area is 113 Å². The lowest BCUT2D eigenvalue weighted by atomic mass is 10.1. The summed E-state index contributed by atoms with van der Waals surface area (Å²) >= 11 is 9.30. The third-order valence-electron chi connectivity index (χ3n) is 2.40. The molecule has 94 valence electrons. The van der Waals surface area contributed by atoms with Crippen molar-refractivity contribution < 1.29 is 9.66 Å². The van der Waals surface area contributed by atoms with Gasteiger partial charge in [-0.15, -0.1) is 0 Å². The second-order valence-corrected chi connectivity index (χ2v) is 4.67. The van der Waals surface area contributed by atoms with E-state index in [1.807, 2.05) is 0 Å². The minimum Gasteiger partial charge on any atom is -0.491 e. The standard InChI is InChI=1S/C11H13BrClNO3/c1-2-8(6-12)7-17-11-5-9(14(15)16)3-4-10(11)13/h3-5,8H,2,6-7H2,1H3. The van der Waals surface area contributed by atoms with Gasteiger partial charge in [0.15, 0.2) is 0 Å². The van der Waals surface area contributed by atoms with E-state index in [1.54, 1.807) is 0 Å². The molecule has 4 nitrogen and oxygen atoms in total. The monoisotopic (exact) mass is 321 g/mol. The molecule has 0 aliphatic carbocycles.